The van der Waals surface area contributed by atoms with Gasteiger partial charge in [0.05, 0.1) is 43.7 Å². The van der Waals surface area contributed by atoms with E-state index in [0.717, 1.165) is 5.56 Å². The van der Waals surface area contributed by atoms with E-state index >= 15 is 0 Å². The summed E-state index contributed by atoms with van der Waals surface area (Å²) in [5.74, 6) is -0.718. The second kappa shape index (κ2) is 9.97. The van der Waals surface area contributed by atoms with Crippen molar-refractivity contribution >= 4 is 23.4 Å². The Morgan fingerprint density at radius 2 is 1.94 bits per heavy atom. The van der Waals surface area contributed by atoms with Gasteiger partial charge in [-0.1, -0.05) is 30.3 Å². The molecule has 0 spiro atoms. The van der Waals surface area contributed by atoms with Crippen molar-refractivity contribution in [1.29, 1.82) is 0 Å². The Morgan fingerprint density at radius 1 is 1.19 bits per heavy atom. The third-order valence-electron chi connectivity index (χ3n) is 5.61. The quantitative estimate of drug-likeness (QED) is 0.677. The van der Waals surface area contributed by atoms with Crippen LogP contribution in [0.25, 0.3) is 0 Å². The number of hydrogen-bond donors (Lipinski definition) is 2. The number of carbonyl (C=O) groups excluding carboxylic acids is 2. The zero-order valence-corrected chi connectivity index (χ0v) is 17.7. The monoisotopic (exact) mass is 442 g/mol. The summed E-state index contributed by atoms with van der Waals surface area (Å²) >= 11 is 0. The molecule has 0 saturated carbocycles. The second-order valence-corrected chi connectivity index (χ2v) is 7.89. The largest absolute Gasteiger partial charge is 0.442 e. The highest BCUT2D eigenvalue weighted by Crippen LogP contribution is 2.28. The Kier molecular flexibility index (Phi) is 6.87. The van der Waals surface area contributed by atoms with Crippen LogP contribution in [0.2, 0.25) is 0 Å². The molecule has 3 N–H and O–H groups in total. The van der Waals surface area contributed by atoms with Gasteiger partial charge in [-0.2, -0.15) is 0 Å². The van der Waals surface area contributed by atoms with Gasteiger partial charge in [-0.15, -0.1) is 0 Å². The minimum Gasteiger partial charge on any atom is -0.442 e. The van der Waals surface area contributed by atoms with Gasteiger partial charge in [0.25, 0.3) is 0 Å². The molecule has 4 rings (SSSR count). The van der Waals surface area contributed by atoms with E-state index in [1.807, 2.05) is 35.2 Å². The first-order valence-electron chi connectivity index (χ1n) is 10.7. The summed E-state index contributed by atoms with van der Waals surface area (Å²) in [6.45, 7) is 2.71. The van der Waals surface area contributed by atoms with E-state index in [-0.39, 0.29) is 19.0 Å². The Balaban J connectivity index is 1.31. The van der Waals surface area contributed by atoms with Gasteiger partial charge in [0.15, 0.2) is 0 Å². The van der Waals surface area contributed by atoms with Crippen molar-refractivity contribution in [1.82, 2.24) is 5.32 Å². The third-order valence-corrected chi connectivity index (χ3v) is 5.61. The summed E-state index contributed by atoms with van der Waals surface area (Å²) in [7, 11) is 0. The molecule has 0 radical (unpaired) electrons. The van der Waals surface area contributed by atoms with Crippen molar-refractivity contribution in [2.45, 2.75) is 18.6 Å². The number of benzene rings is 2. The van der Waals surface area contributed by atoms with Gasteiger partial charge in [0, 0.05) is 13.1 Å². The van der Waals surface area contributed by atoms with Crippen LogP contribution in [0.15, 0.2) is 48.5 Å². The topological polar surface area (TPSA) is 97.1 Å². The first-order valence-corrected chi connectivity index (χ1v) is 10.7. The van der Waals surface area contributed by atoms with Gasteiger partial charge >= 0.3 is 6.09 Å². The molecular formula is C23H27FN4O4. The lowest BCUT2D eigenvalue weighted by molar-refractivity contribution is -0.122. The summed E-state index contributed by atoms with van der Waals surface area (Å²) in [4.78, 5) is 27.9. The number of anilines is 2. The number of halogens is 1. The predicted molar refractivity (Wildman–Crippen MR) is 118 cm³/mol. The van der Waals surface area contributed by atoms with Crippen LogP contribution in [-0.2, 0) is 20.7 Å². The van der Waals surface area contributed by atoms with E-state index in [0.29, 0.717) is 44.1 Å². The molecule has 1 unspecified atom stereocenters. The Bertz CT molecular complexity index is 952. The van der Waals surface area contributed by atoms with Crippen molar-refractivity contribution in [3.05, 3.63) is 59.9 Å². The summed E-state index contributed by atoms with van der Waals surface area (Å²) < 4.78 is 25.4. The van der Waals surface area contributed by atoms with Gasteiger partial charge in [0.1, 0.15) is 11.9 Å². The van der Waals surface area contributed by atoms with Crippen molar-refractivity contribution < 1.29 is 23.5 Å². The van der Waals surface area contributed by atoms with Gasteiger partial charge in [0.2, 0.25) is 5.91 Å². The zero-order chi connectivity index (χ0) is 22.5. The minimum atomic E-state index is -0.701. The van der Waals surface area contributed by atoms with Crippen molar-refractivity contribution in [3.63, 3.8) is 0 Å². The van der Waals surface area contributed by atoms with Gasteiger partial charge < -0.3 is 25.4 Å². The maximum absolute atomic E-state index is 14.7. The highest BCUT2D eigenvalue weighted by molar-refractivity contribution is 5.90. The molecule has 2 amide bonds. The summed E-state index contributed by atoms with van der Waals surface area (Å²) in [5.41, 5.74) is 7.86. The first kappa shape index (κ1) is 22.0. The van der Waals surface area contributed by atoms with Gasteiger partial charge in [-0.05, 0) is 30.2 Å². The van der Waals surface area contributed by atoms with E-state index in [4.69, 9.17) is 15.2 Å². The Labute approximate surface area is 186 Å². The summed E-state index contributed by atoms with van der Waals surface area (Å²) in [5, 5.41) is 2.74. The molecule has 32 heavy (non-hydrogen) atoms. The molecule has 2 saturated heterocycles. The van der Waals surface area contributed by atoms with E-state index in [1.54, 1.807) is 12.1 Å². The van der Waals surface area contributed by atoms with Crippen molar-refractivity contribution in [2.75, 3.05) is 49.2 Å². The lowest BCUT2D eigenvalue weighted by atomic mass is 10.1. The smallest absolute Gasteiger partial charge is 0.414 e. The lowest BCUT2D eigenvalue weighted by Gasteiger charge is -2.29. The number of nitrogens with zero attached hydrogens (tertiary/aromatic N) is 2. The standard InChI is InChI=1S/C23H27FN4O4/c24-19-13-17(6-7-21(19)27-8-10-31-11-9-27)28-15-18(32-23(28)30)14-26-22(29)20(25)12-16-4-2-1-3-5-16/h1-7,13,18,20H,8-12,14-15,25H2,(H,26,29)/t18?,20-/m1/s1. The van der Waals surface area contributed by atoms with Crippen molar-refractivity contribution in [3.8, 4) is 0 Å². The number of ether oxygens (including phenoxy) is 2. The first-order chi connectivity index (χ1) is 15.5. The number of hydrogen-bond acceptors (Lipinski definition) is 6. The molecule has 170 valence electrons. The van der Waals surface area contributed by atoms with Crippen LogP contribution in [0.3, 0.4) is 0 Å². The molecular weight excluding hydrogens is 415 g/mol. The zero-order valence-electron chi connectivity index (χ0n) is 17.7. The molecule has 2 aromatic rings. The highest BCUT2D eigenvalue weighted by Gasteiger charge is 2.33. The van der Waals surface area contributed by atoms with Crippen LogP contribution in [0, 0.1) is 5.82 Å². The van der Waals surface area contributed by atoms with Crippen LogP contribution in [-0.4, -0.2) is 63.5 Å². The van der Waals surface area contributed by atoms with E-state index < -0.39 is 24.1 Å². The Hall–Kier alpha value is -3.17. The number of rotatable bonds is 7. The average Bonchev–Trinajstić information content (AvgIpc) is 3.19. The predicted octanol–water partition coefficient (Wildman–Crippen LogP) is 1.67. The molecule has 2 heterocycles. The Morgan fingerprint density at radius 3 is 2.66 bits per heavy atom. The molecule has 2 aliphatic rings. The number of cyclic esters (lactones) is 1. The number of nitrogens with two attached hydrogens (primary N) is 1. The maximum atomic E-state index is 14.7. The van der Waals surface area contributed by atoms with Gasteiger partial charge in [-0.25, -0.2) is 9.18 Å². The second-order valence-electron chi connectivity index (χ2n) is 7.89. The average molecular weight is 442 g/mol. The number of carbonyl (C=O) groups is 2. The molecule has 0 aliphatic carbocycles. The maximum Gasteiger partial charge on any atom is 0.414 e. The normalized spacial score (nSPS) is 19.6. The molecule has 8 nitrogen and oxygen atoms in total. The SMILES string of the molecule is N[C@H](Cc1ccccc1)C(=O)NCC1CN(c2ccc(N3CCOCC3)c(F)c2)C(=O)O1. The minimum absolute atomic E-state index is 0.137. The molecule has 0 bridgehead atoms. The lowest BCUT2D eigenvalue weighted by Crippen LogP contribution is -2.45. The fourth-order valence-electron chi connectivity index (χ4n) is 3.87. The van der Waals surface area contributed by atoms with Crippen LogP contribution in [0.5, 0.6) is 0 Å². The molecule has 2 aliphatic heterocycles. The number of morpholine rings is 1. The molecule has 2 fully saturated rings. The third kappa shape index (κ3) is 5.17. The van der Waals surface area contributed by atoms with Crippen LogP contribution >= 0.6 is 0 Å². The van der Waals surface area contributed by atoms with E-state index in [9.17, 15) is 14.0 Å². The van der Waals surface area contributed by atoms with E-state index in [1.165, 1.54) is 11.0 Å². The molecule has 2 atom stereocenters. The molecule has 0 aromatic heterocycles. The fourth-order valence-corrected chi connectivity index (χ4v) is 3.87. The van der Waals surface area contributed by atoms with Crippen LogP contribution in [0.4, 0.5) is 20.6 Å². The number of nitrogens with one attached hydrogen (secondary N) is 1. The van der Waals surface area contributed by atoms with Crippen LogP contribution in [0.1, 0.15) is 5.56 Å². The van der Waals surface area contributed by atoms with Crippen LogP contribution < -0.4 is 20.9 Å². The highest BCUT2D eigenvalue weighted by atomic mass is 19.1. The van der Waals surface area contributed by atoms with Gasteiger partial charge in [-0.3, -0.25) is 9.69 Å². The van der Waals surface area contributed by atoms with Crippen molar-refractivity contribution in [2.24, 2.45) is 5.73 Å². The summed E-state index contributed by atoms with van der Waals surface area (Å²) in [6.07, 6.45) is -0.702. The fraction of sp³-hybridized carbons (Fsp3) is 0.391. The summed E-state index contributed by atoms with van der Waals surface area (Å²) in [6, 6.07) is 13.5. The molecule has 9 heteroatoms. The van der Waals surface area contributed by atoms with E-state index in [2.05, 4.69) is 5.32 Å². The number of amides is 2. The molecule has 2 aromatic carbocycles.